The smallest absolute Gasteiger partial charge is 0.153 e. The molecule has 0 unspecified atom stereocenters. The highest BCUT2D eigenvalue weighted by atomic mass is 16.3. The lowest BCUT2D eigenvalue weighted by Crippen LogP contribution is -2.50. The molecule has 0 aromatic heterocycles. The van der Waals surface area contributed by atoms with Crippen molar-refractivity contribution in [3.63, 3.8) is 0 Å². The second-order valence-electron chi connectivity index (χ2n) is 7.37. The van der Waals surface area contributed by atoms with Crippen LogP contribution in [0.1, 0.15) is 81.6 Å². The maximum absolute atomic E-state index is 11.0. The Kier molecular flexibility index (Phi) is 10.5. The summed E-state index contributed by atoms with van der Waals surface area (Å²) in [5.74, 6) is 0.172. The topological polar surface area (TPSA) is 37.3 Å². The molecule has 1 rings (SSSR count). The molecule has 0 aliphatic rings. The Labute approximate surface area is 154 Å². The number of unbranched alkanes of at least 4 members (excludes halogenated alkanes) is 3. The summed E-state index contributed by atoms with van der Waals surface area (Å²) in [7, 11) is 0. The van der Waals surface area contributed by atoms with Gasteiger partial charge in [0.25, 0.3) is 0 Å². The molecule has 0 aliphatic heterocycles. The number of phenolic OH excluding ortho intramolecular Hbond substituents is 1. The molecule has 0 bridgehead atoms. The standard InChI is InChI=1S/C22H37NO2/c1-4-7-15-23(16-8-5-2,17-9-6-3)18-11-14-20-12-10-13-21(19-24)22(20)25/h10,12-13,19H,4-9,11,14-18H2,1-3H3/p+1. The number of quaternary nitrogens is 1. The Hall–Kier alpha value is -1.35. The van der Waals surface area contributed by atoms with Gasteiger partial charge in [-0.25, -0.2) is 0 Å². The summed E-state index contributed by atoms with van der Waals surface area (Å²) in [5, 5.41) is 10.2. The number of para-hydroxylation sites is 1. The van der Waals surface area contributed by atoms with Crippen LogP contribution < -0.4 is 0 Å². The van der Waals surface area contributed by atoms with Crippen molar-refractivity contribution in [2.24, 2.45) is 0 Å². The zero-order valence-electron chi connectivity index (χ0n) is 16.6. The molecule has 0 saturated heterocycles. The molecular weight excluding hydrogens is 310 g/mol. The highest BCUT2D eigenvalue weighted by Crippen LogP contribution is 2.23. The molecule has 142 valence electrons. The summed E-state index contributed by atoms with van der Waals surface area (Å²) < 4.78 is 1.23. The number of aromatic hydroxyl groups is 1. The van der Waals surface area contributed by atoms with E-state index in [4.69, 9.17) is 0 Å². The fourth-order valence-electron chi connectivity index (χ4n) is 3.66. The second-order valence-corrected chi connectivity index (χ2v) is 7.37. The van der Waals surface area contributed by atoms with Crippen molar-refractivity contribution in [3.05, 3.63) is 29.3 Å². The molecule has 0 fully saturated rings. The lowest BCUT2D eigenvalue weighted by Gasteiger charge is -2.39. The highest BCUT2D eigenvalue weighted by Gasteiger charge is 2.25. The van der Waals surface area contributed by atoms with Gasteiger partial charge < -0.3 is 9.59 Å². The molecule has 3 heteroatoms. The van der Waals surface area contributed by atoms with Crippen molar-refractivity contribution >= 4 is 6.29 Å². The fourth-order valence-corrected chi connectivity index (χ4v) is 3.66. The van der Waals surface area contributed by atoms with E-state index in [1.165, 1.54) is 69.2 Å². The second kappa shape index (κ2) is 12.1. The van der Waals surface area contributed by atoms with Crippen LogP contribution in [0.15, 0.2) is 18.2 Å². The van der Waals surface area contributed by atoms with Crippen LogP contribution in [0.25, 0.3) is 0 Å². The number of aldehydes is 1. The largest absolute Gasteiger partial charge is 0.507 e. The maximum Gasteiger partial charge on any atom is 0.153 e. The summed E-state index contributed by atoms with van der Waals surface area (Å²) in [4.78, 5) is 11.0. The van der Waals surface area contributed by atoms with E-state index < -0.39 is 0 Å². The number of nitrogens with zero attached hydrogens (tertiary/aromatic N) is 1. The van der Waals surface area contributed by atoms with Gasteiger partial charge in [0.2, 0.25) is 0 Å². The Morgan fingerprint density at radius 3 is 1.88 bits per heavy atom. The first-order chi connectivity index (χ1) is 12.1. The average molecular weight is 349 g/mol. The first-order valence-electron chi connectivity index (χ1n) is 10.2. The third-order valence-electron chi connectivity index (χ3n) is 5.31. The van der Waals surface area contributed by atoms with E-state index in [0.717, 1.165) is 24.7 Å². The minimum atomic E-state index is 0.172. The molecule has 0 atom stereocenters. The van der Waals surface area contributed by atoms with Crippen LogP contribution in [-0.2, 0) is 6.42 Å². The Balaban J connectivity index is 2.76. The van der Waals surface area contributed by atoms with Crippen molar-refractivity contribution in [1.29, 1.82) is 0 Å². The summed E-state index contributed by atoms with van der Waals surface area (Å²) in [6.07, 6.45) is 10.3. The lowest BCUT2D eigenvalue weighted by atomic mass is 10.0. The van der Waals surface area contributed by atoms with Crippen molar-refractivity contribution in [3.8, 4) is 5.75 Å². The molecule has 1 N–H and O–H groups in total. The molecule has 0 amide bonds. The molecule has 3 nitrogen and oxygen atoms in total. The van der Waals surface area contributed by atoms with Crippen LogP contribution in [-0.4, -0.2) is 42.1 Å². The first kappa shape index (κ1) is 21.7. The molecule has 0 aliphatic carbocycles. The van der Waals surface area contributed by atoms with Gasteiger partial charge in [-0.2, -0.15) is 0 Å². The van der Waals surface area contributed by atoms with Crippen LogP contribution >= 0.6 is 0 Å². The van der Waals surface area contributed by atoms with Gasteiger partial charge in [-0.3, -0.25) is 4.79 Å². The highest BCUT2D eigenvalue weighted by molar-refractivity contribution is 5.79. The SMILES string of the molecule is CCCC[N+](CCCC)(CCCC)CCCc1cccc(C=O)c1O. The quantitative estimate of drug-likeness (QED) is 0.363. The Morgan fingerprint density at radius 2 is 1.40 bits per heavy atom. The van der Waals surface area contributed by atoms with E-state index in [0.29, 0.717) is 5.56 Å². The number of aryl methyl sites for hydroxylation is 1. The Bertz CT molecular complexity index is 477. The number of benzene rings is 1. The zero-order chi connectivity index (χ0) is 18.5. The van der Waals surface area contributed by atoms with E-state index in [1.807, 2.05) is 12.1 Å². The zero-order valence-corrected chi connectivity index (χ0v) is 16.6. The predicted octanol–water partition coefficient (Wildman–Crippen LogP) is 5.35. The van der Waals surface area contributed by atoms with Crippen LogP contribution in [0.3, 0.4) is 0 Å². The monoisotopic (exact) mass is 348 g/mol. The average Bonchev–Trinajstić information content (AvgIpc) is 2.64. The summed E-state index contributed by atoms with van der Waals surface area (Å²) >= 11 is 0. The summed E-state index contributed by atoms with van der Waals surface area (Å²) in [6.45, 7) is 11.8. The normalized spacial score (nSPS) is 11.6. The molecular formula is C22H38NO2+. The number of carbonyl (C=O) groups excluding carboxylic acids is 1. The molecule has 0 spiro atoms. The van der Waals surface area contributed by atoms with E-state index in [9.17, 15) is 9.90 Å². The van der Waals surface area contributed by atoms with Crippen molar-refractivity contribution in [1.82, 2.24) is 0 Å². The first-order valence-corrected chi connectivity index (χ1v) is 10.2. The minimum Gasteiger partial charge on any atom is -0.507 e. The van der Waals surface area contributed by atoms with Crippen LogP contribution in [0.2, 0.25) is 0 Å². The lowest BCUT2D eigenvalue weighted by molar-refractivity contribution is -0.929. The van der Waals surface area contributed by atoms with Crippen LogP contribution in [0, 0.1) is 0 Å². The van der Waals surface area contributed by atoms with E-state index in [2.05, 4.69) is 20.8 Å². The van der Waals surface area contributed by atoms with Crippen molar-refractivity contribution < 1.29 is 14.4 Å². The number of rotatable bonds is 14. The van der Waals surface area contributed by atoms with Gasteiger partial charge in [0.1, 0.15) is 5.75 Å². The van der Waals surface area contributed by atoms with E-state index in [-0.39, 0.29) is 5.75 Å². The third kappa shape index (κ3) is 7.19. The van der Waals surface area contributed by atoms with Crippen molar-refractivity contribution in [2.75, 3.05) is 26.2 Å². The minimum absolute atomic E-state index is 0.172. The number of hydrogen-bond acceptors (Lipinski definition) is 2. The van der Waals surface area contributed by atoms with Gasteiger partial charge in [-0.1, -0.05) is 52.2 Å². The number of carbonyl (C=O) groups is 1. The number of hydrogen-bond donors (Lipinski definition) is 1. The number of phenols is 1. The van der Waals surface area contributed by atoms with Crippen molar-refractivity contribution in [2.45, 2.75) is 72.1 Å². The molecule has 0 radical (unpaired) electrons. The van der Waals surface area contributed by atoms with Gasteiger partial charge in [0, 0.05) is 6.42 Å². The van der Waals surface area contributed by atoms with Gasteiger partial charge >= 0.3 is 0 Å². The van der Waals surface area contributed by atoms with Gasteiger partial charge in [-0.05, 0) is 37.3 Å². The summed E-state index contributed by atoms with van der Waals surface area (Å²) in [6, 6.07) is 5.49. The van der Waals surface area contributed by atoms with E-state index >= 15 is 0 Å². The van der Waals surface area contributed by atoms with Gasteiger partial charge in [0.15, 0.2) is 6.29 Å². The van der Waals surface area contributed by atoms with E-state index in [1.54, 1.807) is 6.07 Å². The van der Waals surface area contributed by atoms with Crippen LogP contribution in [0.5, 0.6) is 5.75 Å². The molecule has 0 heterocycles. The molecule has 1 aromatic rings. The third-order valence-corrected chi connectivity index (χ3v) is 5.31. The van der Waals surface area contributed by atoms with Gasteiger partial charge in [0.05, 0.1) is 31.7 Å². The fraction of sp³-hybridized carbons (Fsp3) is 0.682. The van der Waals surface area contributed by atoms with Crippen LogP contribution in [0.4, 0.5) is 0 Å². The summed E-state index contributed by atoms with van der Waals surface area (Å²) in [5.41, 5.74) is 1.31. The predicted molar refractivity (Wildman–Crippen MR) is 106 cm³/mol. The maximum atomic E-state index is 11.0. The molecule has 0 saturated carbocycles. The Morgan fingerprint density at radius 1 is 0.880 bits per heavy atom. The van der Waals surface area contributed by atoms with Gasteiger partial charge in [-0.15, -0.1) is 0 Å². The molecule has 1 aromatic carbocycles. The molecule has 25 heavy (non-hydrogen) atoms.